The first-order chi connectivity index (χ1) is 15.9. The molecule has 33 heavy (non-hydrogen) atoms. The van der Waals surface area contributed by atoms with Gasteiger partial charge < -0.3 is 24.4 Å². The number of methoxy groups -OCH3 is 2. The van der Waals surface area contributed by atoms with Crippen LogP contribution in [-0.2, 0) is 9.59 Å². The van der Waals surface area contributed by atoms with E-state index >= 15 is 0 Å². The van der Waals surface area contributed by atoms with Gasteiger partial charge in [-0.1, -0.05) is 12.1 Å². The van der Waals surface area contributed by atoms with Gasteiger partial charge in [-0.3, -0.25) is 9.59 Å². The molecule has 1 amide bonds. The molecule has 1 N–H and O–H groups in total. The molecule has 1 unspecified atom stereocenters. The van der Waals surface area contributed by atoms with Crippen LogP contribution in [0, 0.1) is 5.82 Å². The normalized spacial score (nSPS) is 20.5. The Morgan fingerprint density at radius 2 is 1.82 bits per heavy atom. The molecule has 2 aliphatic heterocycles. The molecule has 2 aromatic rings. The highest BCUT2D eigenvalue weighted by Gasteiger charge is 2.46. The van der Waals surface area contributed by atoms with Crippen LogP contribution in [-0.4, -0.2) is 67.0 Å². The number of carbonyl (C=O) groups is 2. The standard InChI is InChI=1S/C25H27FN2O5/c1-32-18-7-5-6-16(14-18)22-21(23(29)19-15-17(26)8-9-20(19)33-2)24(30)25(31)28(22)13-12-27-10-3-4-11-27/h5-9,14-15,22,29H,3-4,10-13H2,1-2H3/b23-21+. The molecule has 0 aliphatic carbocycles. The van der Waals surface area contributed by atoms with E-state index in [2.05, 4.69) is 4.90 Å². The fourth-order valence-electron chi connectivity index (χ4n) is 4.53. The number of ketones is 1. The lowest BCUT2D eigenvalue weighted by molar-refractivity contribution is -0.140. The van der Waals surface area contributed by atoms with E-state index in [1.807, 2.05) is 0 Å². The monoisotopic (exact) mass is 454 g/mol. The van der Waals surface area contributed by atoms with Crippen LogP contribution >= 0.6 is 0 Å². The summed E-state index contributed by atoms with van der Waals surface area (Å²) in [5, 5.41) is 11.2. The number of amides is 1. The van der Waals surface area contributed by atoms with Crippen molar-refractivity contribution in [3.05, 3.63) is 65.0 Å². The van der Waals surface area contributed by atoms with Gasteiger partial charge >= 0.3 is 0 Å². The second-order valence-electron chi connectivity index (χ2n) is 8.16. The van der Waals surface area contributed by atoms with Gasteiger partial charge in [-0.25, -0.2) is 4.39 Å². The van der Waals surface area contributed by atoms with Crippen molar-refractivity contribution in [1.82, 2.24) is 9.80 Å². The van der Waals surface area contributed by atoms with Crippen LogP contribution in [0.25, 0.3) is 5.76 Å². The van der Waals surface area contributed by atoms with Crippen molar-refractivity contribution in [2.24, 2.45) is 0 Å². The van der Waals surface area contributed by atoms with Gasteiger partial charge in [0, 0.05) is 13.1 Å². The number of nitrogens with zero attached hydrogens (tertiary/aromatic N) is 2. The minimum atomic E-state index is -0.837. The Hall–Kier alpha value is -3.39. The van der Waals surface area contributed by atoms with Gasteiger partial charge in [-0.05, 0) is 61.8 Å². The fourth-order valence-corrected chi connectivity index (χ4v) is 4.53. The molecule has 7 nitrogen and oxygen atoms in total. The van der Waals surface area contributed by atoms with E-state index in [0.29, 0.717) is 24.4 Å². The number of aliphatic hydroxyl groups is 1. The van der Waals surface area contributed by atoms with Crippen molar-refractivity contribution >= 4 is 17.4 Å². The lowest BCUT2D eigenvalue weighted by Crippen LogP contribution is -2.37. The quantitative estimate of drug-likeness (QED) is 0.393. The maximum Gasteiger partial charge on any atom is 0.295 e. The molecule has 2 heterocycles. The van der Waals surface area contributed by atoms with Gasteiger partial charge in [0.1, 0.15) is 23.1 Å². The molecule has 174 valence electrons. The Morgan fingerprint density at radius 1 is 1.06 bits per heavy atom. The first kappa shape index (κ1) is 22.8. The first-order valence-corrected chi connectivity index (χ1v) is 10.9. The zero-order chi connectivity index (χ0) is 23.5. The number of benzene rings is 2. The van der Waals surface area contributed by atoms with Gasteiger partial charge in [-0.2, -0.15) is 0 Å². The molecule has 8 heteroatoms. The lowest BCUT2D eigenvalue weighted by atomic mass is 9.94. The highest BCUT2D eigenvalue weighted by atomic mass is 19.1. The Balaban J connectivity index is 1.83. The second-order valence-corrected chi connectivity index (χ2v) is 8.16. The molecule has 0 bridgehead atoms. The van der Waals surface area contributed by atoms with Gasteiger partial charge in [0.2, 0.25) is 0 Å². The van der Waals surface area contributed by atoms with Crippen molar-refractivity contribution in [1.29, 1.82) is 0 Å². The van der Waals surface area contributed by atoms with E-state index in [1.165, 1.54) is 31.3 Å². The molecule has 2 aromatic carbocycles. The van der Waals surface area contributed by atoms with E-state index in [4.69, 9.17) is 9.47 Å². The summed E-state index contributed by atoms with van der Waals surface area (Å²) < 4.78 is 24.6. The van der Waals surface area contributed by atoms with Crippen LogP contribution in [0.4, 0.5) is 4.39 Å². The third-order valence-electron chi connectivity index (χ3n) is 6.22. The zero-order valence-corrected chi connectivity index (χ0v) is 18.7. The number of hydrogen-bond donors (Lipinski definition) is 1. The number of carbonyl (C=O) groups excluding carboxylic acids is 2. The van der Waals surface area contributed by atoms with Crippen molar-refractivity contribution in [2.75, 3.05) is 40.4 Å². The summed E-state index contributed by atoms with van der Waals surface area (Å²) in [5.74, 6) is -1.82. The van der Waals surface area contributed by atoms with Crippen LogP contribution in [0.3, 0.4) is 0 Å². The Labute approximate surface area is 192 Å². The van der Waals surface area contributed by atoms with Crippen molar-refractivity contribution in [3.8, 4) is 11.5 Å². The van der Waals surface area contributed by atoms with E-state index in [1.54, 1.807) is 24.3 Å². The summed E-state index contributed by atoms with van der Waals surface area (Å²) in [5.41, 5.74) is 0.536. The van der Waals surface area contributed by atoms with Crippen molar-refractivity contribution in [2.45, 2.75) is 18.9 Å². The summed E-state index contributed by atoms with van der Waals surface area (Å²) >= 11 is 0. The molecule has 2 aliphatic rings. The van der Waals surface area contributed by atoms with Gasteiger partial charge in [0.15, 0.2) is 0 Å². The van der Waals surface area contributed by atoms with Gasteiger partial charge in [-0.15, -0.1) is 0 Å². The minimum Gasteiger partial charge on any atom is -0.507 e. The smallest absolute Gasteiger partial charge is 0.295 e. The van der Waals surface area contributed by atoms with E-state index in [-0.39, 0.29) is 16.9 Å². The van der Waals surface area contributed by atoms with Crippen molar-refractivity contribution in [3.63, 3.8) is 0 Å². The average molecular weight is 454 g/mol. The predicted octanol–water partition coefficient (Wildman–Crippen LogP) is 3.36. The van der Waals surface area contributed by atoms with Gasteiger partial charge in [0.25, 0.3) is 11.7 Å². The van der Waals surface area contributed by atoms with E-state index in [0.717, 1.165) is 32.0 Å². The second kappa shape index (κ2) is 9.62. The minimum absolute atomic E-state index is 0.0166. The summed E-state index contributed by atoms with van der Waals surface area (Å²) in [7, 11) is 2.92. The Kier molecular flexibility index (Phi) is 6.65. The third kappa shape index (κ3) is 4.43. The molecule has 0 aromatic heterocycles. The highest BCUT2D eigenvalue weighted by Crippen LogP contribution is 2.41. The molecule has 0 saturated carbocycles. The number of Topliss-reactive ketones (excluding diaryl/α,β-unsaturated/α-hetero) is 1. The lowest BCUT2D eigenvalue weighted by Gasteiger charge is -2.27. The Morgan fingerprint density at radius 3 is 2.52 bits per heavy atom. The summed E-state index contributed by atoms with van der Waals surface area (Å²) in [6, 6.07) is 9.85. The fraction of sp³-hybridized carbons (Fsp3) is 0.360. The molecular weight excluding hydrogens is 427 g/mol. The number of likely N-dealkylation sites (tertiary alicyclic amines) is 2. The van der Waals surface area contributed by atoms with Crippen LogP contribution < -0.4 is 9.47 Å². The molecule has 2 saturated heterocycles. The first-order valence-electron chi connectivity index (χ1n) is 10.9. The molecule has 2 fully saturated rings. The Bertz CT molecular complexity index is 1090. The van der Waals surface area contributed by atoms with Crippen LogP contribution in [0.1, 0.15) is 30.0 Å². The topological polar surface area (TPSA) is 79.3 Å². The number of ether oxygens (including phenoxy) is 2. The molecule has 0 radical (unpaired) electrons. The molecular formula is C25H27FN2O5. The molecule has 4 rings (SSSR count). The summed E-state index contributed by atoms with van der Waals surface area (Å²) in [6.07, 6.45) is 2.22. The van der Waals surface area contributed by atoms with E-state index in [9.17, 15) is 19.1 Å². The highest BCUT2D eigenvalue weighted by molar-refractivity contribution is 6.46. The largest absolute Gasteiger partial charge is 0.507 e. The SMILES string of the molecule is COc1cccc(C2/C(=C(\O)c3cc(F)ccc3OC)C(=O)C(=O)N2CCN2CCCC2)c1. The maximum atomic E-state index is 14.0. The molecule has 1 atom stereocenters. The summed E-state index contributed by atoms with van der Waals surface area (Å²) in [4.78, 5) is 30.0. The summed E-state index contributed by atoms with van der Waals surface area (Å²) in [6.45, 7) is 2.85. The van der Waals surface area contributed by atoms with Crippen LogP contribution in [0.2, 0.25) is 0 Å². The van der Waals surface area contributed by atoms with Crippen LogP contribution in [0.5, 0.6) is 11.5 Å². The average Bonchev–Trinajstić information content (AvgIpc) is 3.44. The van der Waals surface area contributed by atoms with Crippen LogP contribution in [0.15, 0.2) is 48.0 Å². The molecule has 0 spiro atoms. The zero-order valence-electron chi connectivity index (χ0n) is 18.7. The third-order valence-corrected chi connectivity index (χ3v) is 6.22. The number of halogens is 1. The number of aliphatic hydroxyl groups excluding tert-OH is 1. The van der Waals surface area contributed by atoms with E-state index < -0.39 is 29.3 Å². The van der Waals surface area contributed by atoms with Gasteiger partial charge in [0.05, 0.1) is 31.4 Å². The number of rotatable bonds is 7. The van der Waals surface area contributed by atoms with Crippen molar-refractivity contribution < 1.29 is 28.6 Å². The predicted molar refractivity (Wildman–Crippen MR) is 121 cm³/mol. The maximum absolute atomic E-state index is 14.0. The number of hydrogen-bond acceptors (Lipinski definition) is 6.